The predicted molar refractivity (Wildman–Crippen MR) is 120 cm³/mol. The second-order valence-corrected chi connectivity index (χ2v) is 8.93. The molecule has 152 valence electrons. The molecule has 2 amide bonds. The number of amides is 2. The van der Waals surface area contributed by atoms with E-state index in [0.717, 1.165) is 39.0 Å². The molecule has 0 aliphatic carbocycles. The van der Waals surface area contributed by atoms with Crippen molar-refractivity contribution in [2.24, 2.45) is 0 Å². The Hall–Kier alpha value is -3.19. The number of rotatable bonds is 2. The molecule has 0 spiro atoms. The zero-order valence-corrected chi connectivity index (χ0v) is 18.1. The van der Waals surface area contributed by atoms with E-state index in [1.807, 2.05) is 27.6 Å². The van der Waals surface area contributed by atoms with E-state index >= 15 is 0 Å². The Bertz CT molecular complexity index is 1250. The van der Waals surface area contributed by atoms with Gasteiger partial charge in [-0.15, -0.1) is 5.10 Å². The van der Waals surface area contributed by atoms with Gasteiger partial charge in [0.15, 0.2) is 5.82 Å². The normalized spacial score (nSPS) is 13.5. The Kier molecular flexibility index (Phi) is 4.55. The number of benzene rings is 2. The number of aryl methyl sites for hydroxylation is 3. The van der Waals surface area contributed by atoms with Crippen molar-refractivity contribution in [3.63, 3.8) is 0 Å². The summed E-state index contributed by atoms with van der Waals surface area (Å²) >= 11 is 1.62. The van der Waals surface area contributed by atoms with Crippen LogP contribution >= 0.6 is 11.3 Å². The molecule has 7 heteroatoms. The molecule has 5 rings (SSSR count). The lowest BCUT2D eigenvalue weighted by Crippen LogP contribution is -2.38. The third-order valence-electron chi connectivity index (χ3n) is 5.68. The zero-order valence-electron chi connectivity index (χ0n) is 17.3. The first kappa shape index (κ1) is 18.8. The van der Waals surface area contributed by atoms with Gasteiger partial charge in [-0.05, 0) is 44.0 Å². The molecule has 0 saturated heterocycles. The van der Waals surface area contributed by atoms with E-state index in [2.05, 4.69) is 50.4 Å². The second-order valence-electron chi connectivity index (χ2n) is 7.87. The molecule has 0 fully saturated rings. The van der Waals surface area contributed by atoms with Gasteiger partial charge in [0, 0.05) is 29.1 Å². The average Bonchev–Trinajstić information content (AvgIpc) is 3.28. The van der Waals surface area contributed by atoms with E-state index in [1.54, 1.807) is 11.3 Å². The van der Waals surface area contributed by atoms with Crippen LogP contribution in [0.15, 0.2) is 42.5 Å². The van der Waals surface area contributed by atoms with Crippen LogP contribution in [0.5, 0.6) is 0 Å². The fourth-order valence-corrected chi connectivity index (χ4v) is 4.83. The van der Waals surface area contributed by atoms with Crippen molar-refractivity contribution < 1.29 is 4.79 Å². The van der Waals surface area contributed by atoms with Crippen molar-refractivity contribution >= 4 is 28.0 Å². The number of carbonyl (C=O) groups is 1. The summed E-state index contributed by atoms with van der Waals surface area (Å²) in [6.07, 6.45) is 0.770. The highest BCUT2D eigenvalue weighted by atomic mass is 32.1. The van der Waals surface area contributed by atoms with Crippen LogP contribution < -0.4 is 5.32 Å². The lowest BCUT2D eigenvalue weighted by Gasteiger charge is -2.26. The van der Waals surface area contributed by atoms with Crippen molar-refractivity contribution in [3.8, 4) is 11.4 Å². The van der Waals surface area contributed by atoms with Gasteiger partial charge in [-0.25, -0.2) is 9.31 Å². The topological polar surface area (TPSA) is 62.5 Å². The molecule has 0 saturated carbocycles. The number of hydrogen-bond acceptors (Lipinski definition) is 4. The van der Waals surface area contributed by atoms with E-state index in [9.17, 15) is 4.79 Å². The molecular weight excluding hydrogens is 394 g/mol. The summed E-state index contributed by atoms with van der Waals surface area (Å²) < 4.78 is 1.95. The number of aromatic nitrogens is 3. The molecule has 1 aliphatic heterocycles. The summed E-state index contributed by atoms with van der Waals surface area (Å²) in [5.41, 5.74) is 6.63. The lowest BCUT2D eigenvalue weighted by atomic mass is 10.1. The maximum Gasteiger partial charge on any atom is 0.322 e. The first-order chi connectivity index (χ1) is 14.5. The van der Waals surface area contributed by atoms with E-state index in [-0.39, 0.29) is 6.03 Å². The van der Waals surface area contributed by atoms with Gasteiger partial charge >= 0.3 is 6.03 Å². The van der Waals surface area contributed by atoms with Crippen molar-refractivity contribution in [2.75, 3.05) is 11.9 Å². The monoisotopic (exact) mass is 417 g/mol. The molecule has 1 aliphatic rings. The quantitative estimate of drug-likeness (QED) is 0.501. The Morgan fingerprint density at radius 3 is 2.63 bits per heavy atom. The molecule has 2 aromatic carbocycles. The number of nitrogens with one attached hydrogen (secondary N) is 1. The van der Waals surface area contributed by atoms with Gasteiger partial charge in [-0.1, -0.05) is 47.2 Å². The third kappa shape index (κ3) is 3.35. The average molecular weight is 418 g/mol. The van der Waals surface area contributed by atoms with Gasteiger partial charge in [-0.2, -0.15) is 4.98 Å². The van der Waals surface area contributed by atoms with Gasteiger partial charge in [0.1, 0.15) is 0 Å². The van der Waals surface area contributed by atoms with Crippen LogP contribution in [-0.2, 0) is 13.0 Å². The van der Waals surface area contributed by atoms with Crippen molar-refractivity contribution in [3.05, 3.63) is 69.7 Å². The number of nitrogens with zero attached hydrogens (tertiary/aromatic N) is 4. The van der Waals surface area contributed by atoms with Crippen LogP contribution in [-0.4, -0.2) is 32.1 Å². The highest BCUT2D eigenvalue weighted by molar-refractivity contribution is 7.17. The number of fused-ring (bicyclic) bond motifs is 3. The number of hydrogen-bond donors (Lipinski definition) is 1. The molecule has 1 N–H and O–H groups in total. The highest BCUT2D eigenvalue weighted by Gasteiger charge is 2.26. The standard InChI is InChI=1S/C23H23N5OS/c1-14-4-7-17(8-5-14)21-25-23-28(26-21)19-10-11-27(13-20(19)30-23)22(29)24-18-9-6-15(2)16(3)12-18/h4-9,12H,10-11,13H2,1-3H3,(H,24,29). The van der Waals surface area contributed by atoms with Crippen LogP contribution in [0.3, 0.4) is 0 Å². The van der Waals surface area contributed by atoms with Crippen LogP contribution in [0, 0.1) is 20.8 Å². The van der Waals surface area contributed by atoms with Gasteiger partial charge in [0.2, 0.25) is 4.96 Å². The number of carbonyl (C=O) groups excluding carboxylic acids is 1. The van der Waals surface area contributed by atoms with Gasteiger partial charge in [-0.3, -0.25) is 0 Å². The maximum atomic E-state index is 12.8. The Morgan fingerprint density at radius 1 is 1.07 bits per heavy atom. The van der Waals surface area contributed by atoms with Gasteiger partial charge in [0.05, 0.1) is 12.2 Å². The van der Waals surface area contributed by atoms with E-state index < -0.39 is 0 Å². The highest BCUT2D eigenvalue weighted by Crippen LogP contribution is 2.30. The zero-order chi connectivity index (χ0) is 20.8. The molecule has 0 radical (unpaired) electrons. The fourth-order valence-electron chi connectivity index (χ4n) is 3.71. The summed E-state index contributed by atoms with van der Waals surface area (Å²) in [4.78, 5) is 21.4. The third-order valence-corrected chi connectivity index (χ3v) is 6.74. The fraction of sp³-hybridized carbons (Fsp3) is 0.261. The van der Waals surface area contributed by atoms with Gasteiger partial charge in [0.25, 0.3) is 0 Å². The van der Waals surface area contributed by atoms with E-state index in [1.165, 1.54) is 16.7 Å². The SMILES string of the molecule is Cc1ccc(-c2nc3sc4c(n3n2)CCN(C(=O)Nc2ccc(C)c(C)c2)C4)cc1. The molecule has 0 atom stereocenters. The smallest absolute Gasteiger partial charge is 0.319 e. The van der Waals surface area contributed by atoms with Crippen molar-refractivity contribution in [1.29, 1.82) is 0 Å². The molecule has 3 heterocycles. The number of thiazole rings is 1. The van der Waals surface area contributed by atoms with E-state index in [0.29, 0.717) is 13.1 Å². The number of anilines is 1. The Labute approximate surface area is 179 Å². The van der Waals surface area contributed by atoms with E-state index in [4.69, 9.17) is 10.1 Å². The molecular formula is C23H23N5OS. The summed E-state index contributed by atoms with van der Waals surface area (Å²) in [6, 6.07) is 14.2. The number of urea groups is 1. The van der Waals surface area contributed by atoms with Crippen LogP contribution in [0.1, 0.15) is 27.3 Å². The first-order valence-electron chi connectivity index (χ1n) is 10.1. The first-order valence-corrected chi connectivity index (χ1v) is 10.9. The maximum absolute atomic E-state index is 12.8. The molecule has 0 unspecified atom stereocenters. The van der Waals surface area contributed by atoms with Gasteiger partial charge < -0.3 is 10.2 Å². The second kappa shape index (κ2) is 7.25. The van der Waals surface area contributed by atoms with Crippen molar-refractivity contribution in [1.82, 2.24) is 19.5 Å². The van der Waals surface area contributed by atoms with Crippen LogP contribution in [0.4, 0.5) is 10.5 Å². The summed E-state index contributed by atoms with van der Waals surface area (Å²) in [7, 11) is 0. The minimum Gasteiger partial charge on any atom is -0.319 e. The predicted octanol–water partition coefficient (Wildman–Crippen LogP) is 4.97. The molecule has 6 nitrogen and oxygen atoms in total. The Morgan fingerprint density at radius 2 is 1.87 bits per heavy atom. The summed E-state index contributed by atoms with van der Waals surface area (Å²) in [5.74, 6) is 0.749. The van der Waals surface area contributed by atoms with Crippen LogP contribution in [0.25, 0.3) is 16.3 Å². The molecule has 2 aromatic heterocycles. The summed E-state index contributed by atoms with van der Waals surface area (Å²) in [6.45, 7) is 7.44. The minimum absolute atomic E-state index is 0.0664. The minimum atomic E-state index is -0.0664. The van der Waals surface area contributed by atoms with Crippen molar-refractivity contribution in [2.45, 2.75) is 33.7 Å². The summed E-state index contributed by atoms with van der Waals surface area (Å²) in [5, 5.41) is 7.77. The lowest BCUT2D eigenvalue weighted by molar-refractivity contribution is 0.206. The molecule has 0 bridgehead atoms. The Balaban J connectivity index is 1.35. The molecule has 30 heavy (non-hydrogen) atoms. The molecule has 4 aromatic rings. The largest absolute Gasteiger partial charge is 0.322 e. The van der Waals surface area contributed by atoms with Crippen LogP contribution in [0.2, 0.25) is 0 Å².